The van der Waals surface area contributed by atoms with E-state index in [9.17, 15) is 9.59 Å². The Morgan fingerprint density at radius 2 is 2.24 bits per heavy atom. The molecule has 0 spiro atoms. The van der Waals surface area contributed by atoms with E-state index in [1.54, 1.807) is 11.8 Å². The number of anilines is 1. The topological polar surface area (TPSA) is 46.6 Å². The van der Waals surface area contributed by atoms with E-state index in [0.29, 0.717) is 13.0 Å². The van der Waals surface area contributed by atoms with Crippen LogP contribution in [-0.4, -0.2) is 24.5 Å². The summed E-state index contributed by atoms with van der Waals surface area (Å²) >= 11 is 0. The second-order valence-corrected chi connectivity index (χ2v) is 4.32. The molecule has 1 saturated heterocycles. The van der Waals surface area contributed by atoms with Gasteiger partial charge >= 0.3 is 5.97 Å². The quantitative estimate of drug-likeness (QED) is 0.571. The number of para-hydroxylation sites is 1. The highest BCUT2D eigenvalue weighted by atomic mass is 16.5. The fraction of sp³-hybridized carbons (Fsp3) is 0.385. The smallest absolute Gasteiger partial charge is 0.315 e. The molecule has 88 valence electrons. The zero-order valence-corrected chi connectivity index (χ0v) is 9.55. The molecule has 1 amide bonds. The van der Waals surface area contributed by atoms with Crippen molar-refractivity contribution in [2.45, 2.75) is 25.3 Å². The van der Waals surface area contributed by atoms with Crippen LogP contribution in [0.2, 0.25) is 0 Å². The predicted octanol–water partition coefficient (Wildman–Crippen LogP) is 1.45. The number of esters is 1. The maximum absolute atomic E-state index is 11.9. The van der Waals surface area contributed by atoms with Gasteiger partial charge in [-0.2, -0.15) is 0 Å². The van der Waals surface area contributed by atoms with Crippen LogP contribution in [0.1, 0.15) is 24.8 Å². The molecule has 1 aromatic rings. The number of rotatable bonds is 2. The Balaban J connectivity index is 2.01. The van der Waals surface area contributed by atoms with Gasteiger partial charge in [0.25, 0.3) is 0 Å². The number of hydrogen-bond acceptors (Lipinski definition) is 3. The molecule has 0 aliphatic carbocycles. The average molecular weight is 231 g/mol. The van der Waals surface area contributed by atoms with Crippen molar-refractivity contribution in [3.05, 3.63) is 29.8 Å². The minimum atomic E-state index is -0.302. The summed E-state index contributed by atoms with van der Waals surface area (Å²) in [5, 5.41) is 0. The van der Waals surface area contributed by atoms with Crippen molar-refractivity contribution < 1.29 is 14.3 Å². The fourth-order valence-electron chi connectivity index (χ4n) is 2.71. The number of ether oxygens (including phenoxy) is 1. The van der Waals surface area contributed by atoms with E-state index in [2.05, 4.69) is 0 Å². The summed E-state index contributed by atoms with van der Waals surface area (Å²) < 4.78 is 5.09. The lowest BCUT2D eigenvalue weighted by Gasteiger charge is -2.36. The van der Waals surface area contributed by atoms with Gasteiger partial charge in [-0.3, -0.25) is 9.59 Å². The number of benzene rings is 1. The van der Waals surface area contributed by atoms with Crippen molar-refractivity contribution in [3.8, 4) is 0 Å². The lowest BCUT2D eigenvalue weighted by molar-refractivity contribution is -0.146. The van der Waals surface area contributed by atoms with Gasteiger partial charge in [0.05, 0.1) is 12.6 Å². The van der Waals surface area contributed by atoms with Gasteiger partial charge in [0.1, 0.15) is 5.92 Å². The number of β-lactam (4-membered cyclic amide) rings is 1. The van der Waals surface area contributed by atoms with Gasteiger partial charge < -0.3 is 9.64 Å². The molecule has 1 aromatic carbocycles. The standard InChI is InChI=1S/C13H13NO3/c1-2-17-13(16)12-8-5-3-4-6-9(8)14-10(12)7-11(14)15/h3-6,10,12H,2,7H2,1H3. The van der Waals surface area contributed by atoms with Gasteiger partial charge in [0.2, 0.25) is 5.91 Å². The number of carbonyl (C=O) groups excluding carboxylic acids is 2. The second-order valence-electron chi connectivity index (χ2n) is 4.32. The molecule has 0 aromatic heterocycles. The van der Waals surface area contributed by atoms with Crippen LogP contribution in [0.25, 0.3) is 0 Å². The van der Waals surface area contributed by atoms with Gasteiger partial charge in [-0.15, -0.1) is 0 Å². The zero-order chi connectivity index (χ0) is 12.0. The molecule has 4 heteroatoms. The Hall–Kier alpha value is -1.84. The van der Waals surface area contributed by atoms with E-state index < -0.39 is 0 Å². The third-order valence-corrected chi connectivity index (χ3v) is 3.44. The number of nitrogens with zero attached hydrogens (tertiary/aromatic N) is 1. The number of amides is 1. The molecule has 2 aliphatic heterocycles. The molecule has 2 atom stereocenters. The van der Waals surface area contributed by atoms with Crippen LogP contribution in [0.4, 0.5) is 5.69 Å². The van der Waals surface area contributed by atoms with Crippen LogP contribution in [0.3, 0.4) is 0 Å². The first-order chi connectivity index (χ1) is 8.24. The van der Waals surface area contributed by atoms with Gasteiger partial charge in [0.15, 0.2) is 0 Å². The van der Waals surface area contributed by atoms with Crippen LogP contribution >= 0.6 is 0 Å². The highest BCUT2D eigenvalue weighted by Gasteiger charge is 2.52. The molecule has 2 heterocycles. The first kappa shape index (κ1) is 10.3. The molecule has 0 N–H and O–H groups in total. The van der Waals surface area contributed by atoms with Crippen LogP contribution in [0.15, 0.2) is 24.3 Å². The fourth-order valence-corrected chi connectivity index (χ4v) is 2.71. The molecule has 2 aliphatic rings. The van der Waals surface area contributed by atoms with Crippen molar-refractivity contribution in [3.63, 3.8) is 0 Å². The summed E-state index contributed by atoms with van der Waals surface area (Å²) in [7, 11) is 0. The Kier molecular flexibility index (Phi) is 2.18. The van der Waals surface area contributed by atoms with E-state index in [0.717, 1.165) is 11.3 Å². The first-order valence-electron chi connectivity index (χ1n) is 5.81. The Labute approximate surface area is 99.2 Å². The second kappa shape index (κ2) is 3.58. The summed E-state index contributed by atoms with van der Waals surface area (Å²) in [5.74, 6) is -0.432. The van der Waals surface area contributed by atoms with Crippen molar-refractivity contribution in [2.75, 3.05) is 11.5 Å². The molecular formula is C13H13NO3. The highest BCUT2D eigenvalue weighted by molar-refractivity contribution is 6.07. The van der Waals surface area contributed by atoms with Crippen molar-refractivity contribution >= 4 is 17.6 Å². The van der Waals surface area contributed by atoms with Crippen LogP contribution < -0.4 is 4.90 Å². The predicted molar refractivity (Wildman–Crippen MR) is 61.7 cm³/mol. The molecule has 2 unspecified atom stereocenters. The third-order valence-electron chi connectivity index (χ3n) is 3.44. The van der Waals surface area contributed by atoms with Gasteiger partial charge in [-0.1, -0.05) is 18.2 Å². The zero-order valence-electron chi connectivity index (χ0n) is 9.55. The normalized spacial score (nSPS) is 25.0. The molecule has 17 heavy (non-hydrogen) atoms. The SMILES string of the molecule is CCOC(=O)C1c2ccccc2N2C(=O)CC12. The summed E-state index contributed by atoms with van der Waals surface area (Å²) in [4.78, 5) is 25.2. The first-order valence-corrected chi connectivity index (χ1v) is 5.81. The van der Waals surface area contributed by atoms with Gasteiger partial charge in [-0.25, -0.2) is 0 Å². The maximum atomic E-state index is 11.9. The highest BCUT2D eigenvalue weighted by Crippen LogP contribution is 2.47. The van der Waals surface area contributed by atoms with Crippen molar-refractivity contribution in [2.24, 2.45) is 0 Å². The summed E-state index contributed by atoms with van der Waals surface area (Å²) in [5.41, 5.74) is 1.79. The summed E-state index contributed by atoms with van der Waals surface area (Å²) in [6.07, 6.45) is 0.443. The van der Waals surface area contributed by atoms with Crippen LogP contribution in [0.5, 0.6) is 0 Å². The van der Waals surface area contributed by atoms with E-state index >= 15 is 0 Å². The van der Waals surface area contributed by atoms with E-state index in [4.69, 9.17) is 4.74 Å². The van der Waals surface area contributed by atoms with Gasteiger partial charge in [0, 0.05) is 12.1 Å². The average Bonchev–Trinajstić information content (AvgIpc) is 2.57. The lowest BCUT2D eigenvalue weighted by Crippen LogP contribution is -2.53. The number of fused-ring (bicyclic) bond motifs is 3. The Bertz CT molecular complexity index is 497. The monoisotopic (exact) mass is 231 g/mol. The molecular weight excluding hydrogens is 218 g/mol. The molecule has 4 nitrogen and oxygen atoms in total. The van der Waals surface area contributed by atoms with E-state index in [1.165, 1.54) is 0 Å². The number of carbonyl (C=O) groups is 2. The van der Waals surface area contributed by atoms with Crippen LogP contribution in [0, 0.1) is 0 Å². The van der Waals surface area contributed by atoms with Crippen molar-refractivity contribution in [1.29, 1.82) is 0 Å². The summed E-state index contributed by atoms with van der Waals surface area (Å²) in [6, 6.07) is 7.54. The molecule has 1 fully saturated rings. The molecule has 0 saturated carbocycles. The van der Waals surface area contributed by atoms with Crippen LogP contribution in [-0.2, 0) is 14.3 Å². The molecule has 0 radical (unpaired) electrons. The third kappa shape index (κ3) is 1.30. The number of hydrogen-bond donors (Lipinski definition) is 0. The van der Waals surface area contributed by atoms with E-state index in [-0.39, 0.29) is 23.8 Å². The largest absolute Gasteiger partial charge is 0.465 e. The Morgan fingerprint density at radius 3 is 2.94 bits per heavy atom. The lowest BCUT2D eigenvalue weighted by atomic mass is 9.89. The van der Waals surface area contributed by atoms with Crippen molar-refractivity contribution in [1.82, 2.24) is 0 Å². The molecule has 0 bridgehead atoms. The minimum absolute atomic E-state index is 0.0288. The maximum Gasteiger partial charge on any atom is 0.315 e. The summed E-state index contributed by atoms with van der Waals surface area (Å²) in [6.45, 7) is 2.17. The Morgan fingerprint density at radius 1 is 1.47 bits per heavy atom. The van der Waals surface area contributed by atoms with Gasteiger partial charge in [-0.05, 0) is 18.6 Å². The minimum Gasteiger partial charge on any atom is -0.465 e. The van der Waals surface area contributed by atoms with E-state index in [1.807, 2.05) is 24.3 Å². The molecule has 3 rings (SSSR count).